The number of hydrogen-bond donors (Lipinski definition) is 2. The minimum atomic E-state index is -3.61. The SMILES string of the molecule is CCC(C)Cc1ccn(-c2ncc(-c3nccc(CCl)c3SC(C)[C@]3(C)CS(=O)(=O)N(C)C(=N)N3)cn2)n1. The van der Waals surface area contributed by atoms with Crippen LogP contribution in [0.3, 0.4) is 0 Å². The molecule has 1 aliphatic rings. The number of sulfonamides is 1. The maximum atomic E-state index is 12.7. The average molecular weight is 577 g/mol. The molecule has 1 aliphatic heterocycles. The Balaban J connectivity index is 1.61. The van der Waals surface area contributed by atoms with Gasteiger partial charge in [-0.05, 0) is 37.0 Å². The Kier molecular flexibility index (Phi) is 8.34. The van der Waals surface area contributed by atoms with Gasteiger partial charge in [0.25, 0.3) is 0 Å². The highest BCUT2D eigenvalue weighted by molar-refractivity contribution is 8.00. The van der Waals surface area contributed by atoms with Gasteiger partial charge in [0.2, 0.25) is 21.9 Å². The summed E-state index contributed by atoms with van der Waals surface area (Å²) in [6, 6.07) is 3.84. The highest BCUT2D eigenvalue weighted by Gasteiger charge is 2.44. The van der Waals surface area contributed by atoms with Crippen molar-refractivity contribution in [3.05, 3.63) is 48.2 Å². The van der Waals surface area contributed by atoms with Crippen LogP contribution in [-0.2, 0) is 22.3 Å². The highest BCUT2D eigenvalue weighted by Crippen LogP contribution is 2.40. The monoisotopic (exact) mass is 576 g/mol. The molecule has 2 N–H and O–H groups in total. The lowest BCUT2D eigenvalue weighted by atomic mass is 10.0. The van der Waals surface area contributed by atoms with Crippen molar-refractivity contribution in [2.75, 3.05) is 12.8 Å². The summed E-state index contributed by atoms with van der Waals surface area (Å²) in [6.07, 6.45) is 8.98. The smallest absolute Gasteiger partial charge is 0.250 e. The van der Waals surface area contributed by atoms with Gasteiger partial charge in [0.15, 0.2) is 0 Å². The van der Waals surface area contributed by atoms with Crippen LogP contribution in [0.2, 0.25) is 0 Å². The molecule has 4 rings (SSSR count). The van der Waals surface area contributed by atoms with Crippen LogP contribution in [0.15, 0.2) is 41.8 Å². The number of aromatic nitrogens is 5. The molecule has 38 heavy (non-hydrogen) atoms. The molecule has 0 amide bonds. The Morgan fingerprint density at radius 2 is 1.95 bits per heavy atom. The Labute approximate surface area is 233 Å². The van der Waals surface area contributed by atoms with Gasteiger partial charge in [-0.15, -0.1) is 23.4 Å². The van der Waals surface area contributed by atoms with Crippen molar-refractivity contribution in [2.24, 2.45) is 5.92 Å². The summed E-state index contributed by atoms with van der Waals surface area (Å²) in [7, 11) is -2.23. The normalized spacial score (nSPS) is 20.7. The molecular weight excluding hydrogens is 544 g/mol. The molecule has 3 aromatic rings. The number of rotatable bonds is 9. The molecule has 204 valence electrons. The van der Waals surface area contributed by atoms with E-state index < -0.39 is 15.6 Å². The van der Waals surface area contributed by atoms with Crippen molar-refractivity contribution >= 4 is 39.3 Å². The van der Waals surface area contributed by atoms with Gasteiger partial charge in [-0.1, -0.05) is 27.2 Å². The predicted molar refractivity (Wildman–Crippen MR) is 151 cm³/mol. The van der Waals surface area contributed by atoms with Gasteiger partial charge in [-0.25, -0.2) is 27.4 Å². The fraction of sp³-hybridized carbons (Fsp3) is 0.480. The minimum absolute atomic E-state index is 0.139. The molecule has 0 spiro atoms. The zero-order chi connectivity index (χ0) is 27.7. The van der Waals surface area contributed by atoms with Crippen LogP contribution in [0.1, 0.15) is 45.4 Å². The topological polar surface area (TPSA) is 130 Å². The quantitative estimate of drug-likeness (QED) is 0.288. The van der Waals surface area contributed by atoms with Crippen molar-refractivity contribution in [1.82, 2.24) is 34.4 Å². The molecular formula is C25H33ClN8O2S2. The Morgan fingerprint density at radius 1 is 1.24 bits per heavy atom. The highest BCUT2D eigenvalue weighted by atomic mass is 35.5. The van der Waals surface area contributed by atoms with E-state index in [-0.39, 0.29) is 22.8 Å². The minimum Gasteiger partial charge on any atom is -0.348 e. The van der Waals surface area contributed by atoms with Gasteiger partial charge >= 0.3 is 0 Å². The van der Waals surface area contributed by atoms with Crippen molar-refractivity contribution in [2.45, 2.75) is 62.1 Å². The van der Waals surface area contributed by atoms with Crippen LogP contribution in [0.4, 0.5) is 0 Å². The fourth-order valence-corrected chi connectivity index (χ4v) is 7.44. The van der Waals surface area contributed by atoms with E-state index in [1.807, 2.05) is 32.2 Å². The van der Waals surface area contributed by atoms with Gasteiger partial charge < -0.3 is 5.32 Å². The van der Waals surface area contributed by atoms with Gasteiger partial charge in [0.05, 0.1) is 22.7 Å². The summed E-state index contributed by atoms with van der Waals surface area (Å²) in [4.78, 5) is 14.5. The largest absolute Gasteiger partial charge is 0.348 e. The van der Waals surface area contributed by atoms with E-state index in [4.69, 9.17) is 17.0 Å². The first-order chi connectivity index (χ1) is 18.0. The van der Waals surface area contributed by atoms with Crippen LogP contribution in [0.25, 0.3) is 17.2 Å². The van der Waals surface area contributed by atoms with Crippen molar-refractivity contribution < 1.29 is 8.42 Å². The van der Waals surface area contributed by atoms with Crippen LogP contribution in [0, 0.1) is 11.3 Å². The Morgan fingerprint density at radius 3 is 2.58 bits per heavy atom. The van der Waals surface area contributed by atoms with Gasteiger partial charge in [0.1, 0.15) is 0 Å². The standard InChI is InChI=1S/C25H33ClN8O2S2/c1-6-16(2)11-20-8-10-34(32-20)24-29-13-19(14-30-24)21-22(18(12-26)7-9-28-21)37-17(3)25(4)15-38(35,36)33(5)23(27)31-25/h7-10,13-14,16-17H,6,11-12,15H2,1-5H3,(H2,27,31)/t16?,17?,25-/m0/s1. The Hall–Kier alpha value is -2.70. The lowest BCUT2D eigenvalue weighted by molar-refractivity contribution is 0.403. The second kappa shape index (κ2) is 11.2. The molecule has 0 bridgehead atoms. The number of hydrogen-bond acceptors (Lipinski definition) is 8. The summed E-state index contributed by atoms with van der Waals surface area (Å²) in [5.41, 5.74) is 2.37. The number of alkyl halides is 1. The molecule has 1 fully saturated rings. The molecule has 0 aliphatic carbocycles. The van der Waals surface area contributed by atoms with Gasteiger partial charge in [-0.3, -0.25) is 10.4 Å². The number of halogens is 1. The summed E-state index contributed by atoms with van der Waals surface area (Å²) in [6.45, 7) is 8.13. The summed E-state index contributed by atoms with van der Waals surface area (Å²) >= 11 is 7.78. The zero-order valence-electron chi connectivity index (χ0n) is 22.1. The number of guanidine groups is 1. The molecule has 13 heteroatoms. The van der Waals surface area contributed by atoms with Crippen LogP contribution < -0.4 is 5.32 Å². The second-order valence-electron chi connectivity index (χ2n) is 9.90. The second-order valence-corrected chi connectivity index (χ2v) is 13.5. The number of nitrogens with zero attached hydrogens (tertiary/aromatic N) is 6. The van der Waals surface area contributed by atoms with Crippen LogP contribution >= 0.6 is 23.4 Å². The molecule has 10 nitrogen and oxygen atoms in total. The Bertz CT molecular complexity index is 1410. The van der Waals surface area contributed by atoms with E-state index in [0.29, 0.717) is 23.1 Å². The van der Waals surface area contributed by atoms with E-state index >= 15 is 0 Å². The lowest BCUT2D eigenvalue weighted by Crippen LogP contribution is -2.66. The van der Waals surface area contributed by atoms with Gasteiger partial charge in [-0.2, -0.15) is 5.10 Å². The molecule has 0 aromatic carbocycles. The molecule has 2 unspecified atom stereocenters. The van der Waals surface area contributed by atoms with Crippen molar-refractivity contribution in [1.29, 1.82) is 5.41 Å². The van der Waals surface area contributed by atoms with Crippen LogP contribution in [-0.4, -0.2) is 67.0 Å². The molecule has 3 aromatic heterocycles. The molecule has 3 atom stereocenters. The number of nitrogens with one attached hydrogen (secondary N) is 2. The predicted octanol–water partition coefficient (Wildman–Crippen LogP) is 4.09. The molecule has 0 saturated carbocycles. The fourth-order valence-electron chi connectivity index (χ4n) is 4.10. The van der Waals surface area contributed by atoms with E-state index in [1.165, 1.54) is 18.8 Å². The van der Waals surface area contributed by atoms with E-state index in [9.17, 15) is 8.42 Å². The zero-order valence-corrected chi connectivity index (χ0v) is 24.5. The van der Waals surface area contributed by atoms with Gasteiger partial charge in [0, 0.05) is 53.4 Å². The third-order valence-corrected chi connectivity index (χ3v) is 10.8. The molecule has 1 saturated heterocycles. The molecule has 4 heterocycles. The first kappa shape index (κ1) is 28.3. The maximum Gasteiger partial charge on any atom is 0.250 e. The number of pyridine rings is 1. The third-order valence-electron chi connectivity index (χ3n) is 6.96. The van der Waals surface area contributed by atoms with Crippen LogP contribution in [0.5, 0.6) is 0 Å². The summed E-state index contributed by atoms with van der Waals surface area (Å²) < 4.78 is 28.0. The number of thioether (sulfide) groups is 1. The average Bonchev–Trinajstić information content (AvgIpc) is 3.35. The molecule has 0 radical (unpaired) electrons. The van der Waals surface area contributed by atoms with Crippen molar-refractivity contribution in [3.63, 3.8) is 0 Å². The van der Waals surface area contributed by atoms with E-state index in [0.717, 1.165) is 33.3 Å². The summed E-state index contributed by atoms with van der Waals surface area (Å²) in [5.74, 6) is 0.992. The first-order valence-electron chi connectivity index (χ1n) is 12.4. The first-order valence-corrected chi connectivity index (χ1v) is 15.4. The van der Waals surface area contributed by atoms with E-state index in [1.54, 1.807) is 23.3 Å². The lowest BCUT2D eigenvalue weighted by Gasteiger charge is -2.43. The maximum absolute atomic E-state index is 12.7. The summed E-state index contributed by atoms with van der Waals surface area (Å²) in [5, 5.41) is 15.6. The van der Waals surface area contributed by atoms with Crippen molar-refractivity contribution in [3.8, 4) is 17.2 Å². The van der Waals surface area contributed by atoms with E-state index in [2.05, 4.69) is 39.2 Å². The third kappa shape index (κ3) is 5.81.